The fraction of sp³-hybridized carbons (Fsp3) is 0.0769. The van der Waals surface area contributed by atoms with Crippen LogP contribution in [-0.2, 0) is 6.54 Å². The summed E-state index contributed by atoms with van der Waals surface area (Å²) in [5.74, 6) is -0.345. The molecule has 0 spiro atoms. The van der Waals surface area contributed by atoms with E-state index in [2.05, 4.69) is 20.4 Å². The summed E-state index contributed by atoms with van der Waals surface area (Å²) < 4.78 is 15.3. The van der Waals surface area contributed by atoms with Gasteiger partial charge in [-0.2, -0.15) is 5.10 Å². The Balaban J connectivity index is 1.76. The van der Waals surface area contributed by atoms with E-state index in [1.54, 1.807) is 6.07 Å². The second-order valence-corrected chi connectivity index (χ2v) is 4.06. The van der Waals surface area contributed by atoms with Gasteiger partial charge in [0, 0.05) is 17.6 Å². The van der Waals surface area contributed by atoms with Crippen molar-refractivity contribution >= 4 is 5.69 Å². The number of anilines is 1. The van der Waals surface area contributed by atoms with Crippen LogP contribution in [0.5, 0.6) is 0 Å². The molecule has 0 unspecified atom stereocenters. The third-order valence-electron chi connectivity index (χ3n) is 2.76. The van der Waals surface area contributed by atoms with Crippen LogP contribution in [0.4, 0.5) is 10.1 Å². The first-order valence-corrected chi connectivity index (χ1v) is 5.83. The molecule has 3 aromatic rings. The molecule has 0 radical (unpaired) electrons. The van der Waals surface area contributed by atoms with Crippen LogP contribution in [0.1, 0.15) is 5.69 Å². The van der Waals surface area contributed by atoms with Gasteiger partial charge in [0.25, 0.3) is 0 Å². The highest BCUT2D eigenvalue weighted by Gasteiger charge is 2.06. The molecule has 6 heteroatoms. The molecule has 0 aliphatic carbocycles. The van der Waals surface area contributed by atoms with E-state index in [0.717, 1.165) is 11.4 Å². The number of nitrogens with zero attached hydrogens (tertiary/aromatic N) is 3. The predicted octanol–water partition coefficient (Wildman–Crippen LogP) is 2.35. The summed E-state index contributed by atoms with van der Waals surface area (Å²) >= 11 is 0. The van der Waals surface area contributed by atoms with E-state index in [4.69, 9.17) is 0 Å². The van der Waals surface area contributed by atoms with Gasteiger partial charge in [0.2, 0.25) is 0 Å². The summed E-state index contributed by atoms with van der Waals surface area (Å²) in [6, 6.07) is 8.81. The highest BCUT2D eigenvalue weighted by atomic mass is 19.1. The number of benzene rings is 1. The van der Waals surface area contributed by atoms with E-state index < -0.39 is 0 Å². The maximum absolute atomic E-state index is 13.9. The lowest BCUT2D eigenvalue weighted by molar-refractivity contribution is 0.611. The molecule has 0 bridgehead atoms. The molecule has 2 aromatic heterocycles. The summed E-state index contributed by atoms with van der Waals surface area (Å²) in [4.78, 5) is 6.87. The lowest BCUT2D eigenvalue weighted by Crippen LogP contribution is -2.02. The van der Waals surface area contributed by atoms with Crippen molar-refractivity contribution in [3.63, 3.8) is 0 Å². The lowest BCUT2D eigenvalue weighted by Gasteiger charge is -2.08. The standard InChI is InChI=1S/C13H12FN5/c14-12-6-10(17-7-11-2-1-5-16-11)3-4-13(12)19-9-15-8-18-19/h1-6,8-9,16-17H,7H2. The normalized spacial score (nSPS) is 10.6. The number of H-pyrrole nitrogens is 1. The maximum atomic E-state index is 13.9. The quantitative estimate of drug-likeness (QED) is 0.754. The van der Waals surface area contributed by atoms with Gasteiger partial charge < -0.3 is 10.3 Å². The Kier molecular flexibility index (Phi) is 2.97. The molecule has 0 atom stereocenters. The summed E-state index contributed by atoms with van der Waals surface area (Å²) in [6.07, 6.45) is 4.69. The minimum absolute atomic E-state index is 0.345. The topological polar surface area (TPSA) is 58.5 Å². The Bertz CT molecular complexity index is 646. The molecule has 0 aliphatic rings. The van der Waals surface area contributed by atoms with Crippen LogP contribution < -0.4 is 5.32 Å². The van der Waals surface area contributed by atoms with Gasteiger partial charge in [-0.15, -0.1) is 0 Å². The molecule has 0 fully saturated rings. The van der Waals surface area contributed by atoms with Crippen molar-refractivity contribution in [3.05, 3.63) is 60.7 Å². The van der Waals surface area contributed by atoms with E-state index in [9.17, 15) is 4.39 Å². The second kappa shape index (κ2) is 4.93. The highest BCUT2D eigenvalue weighted by Crippen LogP contribution is 2.17. The van der Waals surface area contributed by atoms with Crippen LogP contribution in [0.15, 0.2) is 49.2 Å². The molecule has 0 aliphatic heterocycles. The van der Waals surface area contributed by atoms with Crippen molar-refractivity contribution in [2.45, 2.75) is 6.54 Å². The smallest absolute Gasteiger partial charge is 0.150 e. The number of rotatable bonds is 4. The van der Waals surface area contributed by atoms with Crippen molar-refractivity contribution in [1.82, 2.24) is 19.7 Å². The number of hydrogen-bond donors (Lipinski definition) is 2. The molecule has 0 saturated carbocycles. The van der Waals surface area contributed by atoms with E-state index in [1.165, 1.54) is 23.4 Å². The first kappa shape index (κ1) is 11.5. The fourth-order valence-corrected chi connectivity index (χ4v) is 1.81. The van der Waals surface area contributed by atoms with Crippen LogP contribution in [0.25, 0.3) is 5.69 Å². The van der Waals surface area contributed by atoms with Gasteiger partial charge in [-0.1, -0.05) is 0 Å². The Morgan fingerprint density at radius 3 is 2.95 bits per heavy atom. The largest absolute Gasteiger partial charge is 0.379 e. The molecule has 0 saturated heterocycles. The number of halogens is 1. The molecular weight excluding hydrogens is 245 g/mol. The van der Waals surface area contributed by atoms with Gasteiger partial charge in [-0.25, -0.2) is 14.1 Å². The van der Waals surface area contributed by atoms with Crippen molar-refractivity contribution in [2.24, 2.45) is 0 Å². The van der Waals surface area contributed by atoms with Crippen LogP contribution in [0.2, 0.25) is 0 Å². The van der Waals surface area contributed by atoms with Crippen LogP contribution >= 0.6 is 0 Å². The zero-order valence-corrected chi connectivity index (χ0v) is 10.0. The number of nitrogens with one attached hydrogen (secondary N) is 2. The van der Waals surface area contributed by atoms with Gasteiger partial charge in [0.05, 0.1) is 6.54 Å². The van der Waals surface area contributed by atoms with Crippen LogP contribution in [0, 0.1) is 5.82 Å². The molecule has 96 valence electrons. The van der Waals surface area contributed by atoms with E-state index in [-0.39, 0.29) is 5.82 Å². The summed E-state index contributed by atoms with van der Waals surface area (Å²) in [5, 5.41) is 7.05. The lowest BCUT2D eigenvalue weighted by atomic mass is 10.2. The Labute approximate surface area is 109 Å². The van der Waals surface area contributed by atoms with Gasteiger partial charge in [-0.3, -0.25) is 0 Å². The average Bonchev–Trinajstić information content (AvgIpc) is 3.10. The molecule has 2 heterocycles. The monoisotopic (exact) mass is 257 g/mol. The molecule has 2 N–H and O–H groups in total. The summed E-state index contributed by atoms with van der Waals surface area (Å²) in [6.45, 7) is 0.620. The molecule has 5 nitrogen and oxygen atoms in total. The van der Waals surface area contributed by atoms with Gasteiger partial charge in [-0.05, 0) is 30.3 Å². The fourth-order valence-electron chi connectivity index (χ4n) is 1.81. The third-order valence-corrected chi connectivity index (χ3v) is 2.76. The number of aromatic amines is 1. The maximum Gasteiger partial charge on any atom is 0.150 e. The van der Waals surface area contributed by atoms with Gasteiger partial charge in [0.15, 0.2) is 5.82 Å². The Hall–Kier alpha value is -2.63. The van der Waals surface area contributed by atoms with Gasteiger partial charge in [0.1, 0.15) is 18.3 Å². The summed E-state index contributed by atoms with van der Waals surface area (Å²) in [5.41, 5.74) is 2.14. The van der Waals surface area contributed by atoms with Crippen LogP contribution in [-0.4, -0.2) is 19.7 Å². The van der Waals surface area contributed by atoms with Crippen molar-refractivity contribution in [3.8, 4) is 5.69 Å². The first-order valence-electron chi connectivity index (χ1n) is 5.83. The van der Waals surface area contributed by atoms with Crippen molar-refractivity contribution in [1.29, 1.82) is 0 Å². The Morgan fingerprint density at radius 2 is 2.26 bits per heavy atom. The zero-order valence-electron chi connectivity index (χ0n) is 10.0. The summed E-state index contributed by atoms with van der Waals surface area (Å²) in [7, 11) is 0. The molecule has 3 rings (SSSR count). The van der Waals surface area contributed by atoms with Crippen LogP contribution in [0.3, 0.4) is 0 Å². The Morgan fingerprint density at radius 1 is 1.32 bits per heavy atom. The minimum atomic E-state index is -0.345. The molecular formula is C13H12FN5. The van der Waals surface area contributed by atoms with E-state index in [0.29, 0.717) is 12.2 Å². The first-order chi connectivity index (χ1) is 9.33. The SMILES string of the molecule is Fc1cc(NCc2ccc[nH]2)ccc1-n1cncn1. The highest BCUT2D eigenvalue weighted by molar-refractivity contribution is 5.49. The van der Waals surface area contributed by atoms with Crippen molar-refractivity contribution in [2.75, 3.05) is 5.32 Å². The predicted molar refractivity (Wildman–Crippen MR) is 69.4 cm³/mol. The number of aromatic nitrogens is 4. The van der Waals surface area contributed by atoms with Crippen molar-refractivity contribution < 1.29 is 4.39 Å². The number of hydrogen-bond acceptors (Lipinski definition) is 3. The average molecular weight is 257 g/mol. The van der Waals surface area contributed by atoms with Gasteiger partial charge >= 0.3 is 0 Å². The zero-order chi connectivity index (χ0) is 13.1. The minimum Gasteiger partial charge on any atom is -0.379 e. The molecule has 19 heavy (non-hydrogen) atoms. The molecule has 0 amide bonds. The van der Waals surface area contributed by atoms with E-state index in [1.807, 2.05) is 24.4 Å². The second-order valence-electron chi connectivity index (χ2n) is 4.06. The van der Waals surface area contributed by atoms with E-state index >= 15 is 0 Å². The molecule has 1 aromatic carbocycles. The third kappa shape index (κ3) is 2.47.